The summed E-state index contributed by atoms with van der Waals surface area (Å²) in [6.07, 6.45) is 0.160. The number of rotatable bonds is 6. The molecule has 0 amide bonds. The number of carbonyl (C=O) groups is 1. The first-order valence-corrected chi connectivity index (χ1v) is 10.8. The van der Waals surface area contributed by atoms with Crippen LogP contribution in [0, 0.1) is 25.2 Å². The van der Waals surface area contributed by atoms with Gasteiger partial charge in [-0.25, -0.2) is 4.79 Å². The molecule has 0 aliphatic carbocycles. The van der Waals surface area contributed by atoms with Gasteiger partial charge >= 0.3 is 5.97 Å². The van der Waals surface area contributed by atoms with Crippen LogP contribution in [0.15, 0.2) is 24.4 Å². The molecule has 32 heavy (non-hydrogen) atoms. The summed E-state index contributed by atoms with van der Waals surface area (Å²) in [4.78, 5) is 20.4. The van der Waals surface area contributed by atoms with Gasteiger partial charge in [-0.2, -0.15) is 5.26 Å². The Balaban J connectivity index is 1.30. The van der Waals surface area contributed by atoms with Gasteiger partial charge in [-0.05, 0) is 42.7 Å². The summed E-state index contributed by atoms with van der Waals surface area (Å²) in [7, 11) is 0. The summed E-state index contributed by atoms with van der Waals surface area (Å²) < 4.78 is 5.11. The van der Waals surface area contributed by atoms with E-state index in [0.717, 1.165) is 48.4 Å². The molecule has 2 aliphatic rings. The van der Waals surface area contributed by atoms with Crippen molar-refractivity contribution in [1.29, 1.82) is 5.26 Å². The van der Waals surface area contributed by atoms with Crippen molar-refractivity contribution in [3.8, 4) is 6.07 Å². The highest BCUT2D eigenvalue weighted by molar-refractivity contribution is 5.93. The first-order chi connectivity index (χ1) is 15.4. The zero-order valence-corrected chi connectivity index (χ0v) is 18.4. The predicted molar refractivity (Wildman–Crippen MR) is 117 cm³/mol. The number of β-amino-alcohol motifs (C(OH)–C–C–N with tert-alkyl or cyclic N) is 2. The molecule has 0 radical (unpaired) electrons. The molecule has 1 saturated heterocycles. The van der Waals surface area contributed by atoms with E-state index in [-0.39, 0.29) is 12.6 Å². The monoisotopic (exact) mass is 436 g/mol. The summed E-state index contributed by atoms with van der Waals surface area (Å²) in [6.45, 7) is 8.17. The molecule has 0 bridgehead atoms. The molecule has 168 valence electrons. The van der Waals surface area contributed by atoms with E-state index in [4.69, 9.17) is 10.00 Å². The Morgan fingerprint density at radius 1 is 1.12 bits per heavy atom. The van der Waals surface area contributed by atoms with Gasteiger partial charge in [-0.3, -0.25) is 14.8 Å². The average molecular weight is 437 g/mol. The minimum absolute atomic E-state index is 0.273. The second kappa shape index (κ2) is 9.35. The number of carbonyl (C=O) groups excluding carboxylic acids is 1. The maximum atomic E-state index is 11.7. The van der Waals surface area contributed by atoms with E-state index in [2.05, 4.69) is 20.9 Å². The Morgan fingerprint density at radius 2 is 1.78 bits per heavy atom. The van der Waals surface area contributed by atoms with E-state index < -0.39 is 12.2 Å². The van der Waals surface area contributed by atoms with Crippen LogP contribution in [0.4, 0.5) is 0 Å². The quantitative estimate of drug-likeness (QED) is 0.658. The molecule has 1 aromatic carbocycles. The van der Waals surface area contributed by atoms with E-state index >= 15 is 0 Å². The van der Waals surface area contributed by atoms with Gasteiger partial charge in [0.15, 0.2) is 0 Å². The number of fused-ring (bicyclic) bond motifs is 1. The maximum Gasteiger partial charge on any atom is 0.338 e. The van der Waals surface area contributed by atoms with E-state index in [0.29, 0.717) is 29.9 Å². The summed E-state index contributed by atoms with van der Waals surface area (Å²) in [5.41, 5.74) is 5.14. The molecule has 3 heterocycles. The predicted octanol–water partition coefficient (Wildman–Crippen LogP) is 1.63. The number of ether oxygens (including phenoxy) is 1. The number of nitrogens with zero attached hydrogens (tertiary/aromatic N) is 4. The molecule has 2 aliphatic heterocycles. The molecule has 2 unspecified atom stereocenters. The minimum atomic E-state index is -0.711. The first kappa shape index (κ1) is 22.4. The van der Waals surface area contributed by atoms with E-state index in [1.54, 1.807) is 12.1 Å². The van der Waals surface area contributed by atoms with Crippen molar-refractivity contribution < 1.29 is 19.7 Å². The normalized spacial score (nSPS) is 18.7. The van der Waals surface area contributed by atoms with Gasteiger partial charge in [-0.1, -0.05) is 6.07 Å². The fourth-order valence-corrected chi connectivity index (χ4v) is 4.44. The van der Waals surface area contributed by atoms with Crippen LogP contribution in [0.2, 0.25) is 0 Å². The number of aliphatic hydroxyl groups excluding tert-OH is 2. The highest BCUT2D eigenvalue weighted by atomic mass is 16.5. The summed E-state index contributed by atoms with van der Waals surface area (Å²) in [6, 6.07) is 7.43. The average Bonchev–Trinajstić information content (AvgIpc) is 3.16. The van der Waals surface area contributed by atoms with Gasteiger partial charge in [0.05, 0.1) is 22.9 Å². The van der Waals surface area contributed by atoms with Crippen molar-refractivity contribution in [2.24, 2.45) is 0 Å². The highest BCUT2D eigenvalue weighted by Crippen LogP contribution is 2.29. The largest absolute Gasteiger partial charge is 0.457 e. The summed E-state index contributed by atoms with van der Waals surface area (Å²) in [5.74, 6) is -0.297. The number of aromatic nitrogens is 1. The Bertz CT molecular complexity index is 1060. The van der Waals surface area contributed by atoms with Gasteiger partial charge in [-0.15, -0.1) is 0 Å². The Morgan fingerprint density at radius 3 is 2.41 bits per heavy atom. The number of hydrogen-bond donors (Lipinski definition) is 2. The smallest absolute Gasteiger partial charge is 0.338 e. The van der Waals surface area contributed by atoms with Crippen molar-refractivity contribution in [2.75, 3.05) is 39.3 Å². The van der Waals surface area contributed by atoms with Gasteiger partial charge in [0.2, 0.25) is 0 Å². The number of piperazine rings is 1. The number of esters is 1. The molecular weight excluding hydrogens is 408 g/mol. The van der Waals surface area contributed by atoms with Crippen LogP contribution in [0.25, 0.3) is 0 Å². The fourth-order valence-electron chi connectivity index (χ4n) is 4.44. The number of pyridine rings is 1. The van der Waals surface area contributed by atoms with Crippen LogP contribution in [0.3, 0.4) is 0 Å². The number of nitriles is 1. The van der Waals surface area contributed by atoms with E-state index in [1.807, 2.05) is 19.9 Å². The van der Waals surface area contributed by atoms with Gasteiger partial charge in [0, 0.05) is 51.0 Å². The molecule has 2 aromatic rings. The number of aliphatic hydroxyl groups is 2. The maximum absolute atomic E-state index is 11.7. The lowest BCUT2D eigenvalue weighted by molar-refractivity contribution is 0.0470. The Labute approximate surface area is 187 Å². The lowest BCUT2D eigenvalue weighted by Crippen LogP contribution is -2.48. The van der Waals surface area contributed by atoms with Crippen LogP contribution in [-0.4, -0.2) is 70.2 Å². The number of benzene rings is 1. The fraction of sp³-hybridized carbons (Fsp3) is 0.458. The van der Waals surface area contributed by atoms with E-state index in [9.17, 15) is 15.0 Å². The van der Waals surface area contributed by atoms with Crippen LogP contribution < -0.4 is 0 Å². The van der Waals surface area contributed by atoms with Crippen molar-refractivity contribution in [3.63, 3.8) is 0 Å². The molecule has 4 rings (SSSR count). The molecule has 2 N–H and O–H groups in total. The second-order valence-corrected chi connectivity index (χ2v) is 8.55. The highest BCUT2D eigenvalue weighted by Gasteiger charge is 2.27. The minimum Gasteiger partial charge on any atom is -0.457 e. The van der Waals surface area contributed by atoms with Gasteiger partial charge in [0.25, 0.3) is 0 Å². The van der Waals surface area contributed by atoms with Crippen LogP contribution in [0.5, 0.6) is 0 Å². The first-order valence-electron chi connectivity index (χ1n) is 10.8. The molecule has 1 aromatic heterocycles. The molecule has 1 fully saturated rings. The molecule has 0 spiro atoms. The standard InChI is InChI=1S/C24H28N4O4/c1-15-9-21(26-11-17(15)10-25)23(30)13-28-7-5-27(6-8-28)12-22(29)18-3-4-19-20(16(18)2)14-32-24(19)31/h3-4,9,11,22-23,29-30H,5-8,12-14H2,1-2H3. The molecule has 2 atom stereocenters. The van der Waals surface area contributed by atoms with Crippen molar-refractivity contribution in [2.45, 2.75) is 32.7 Å². The molecule has 0 saturated carbocycles. The van der Waals surface area contributed by atoms with Crippen molar-refractivity contribution in [1.82, 2.24) is 14.8 Å². The summed E-state index contributed by atoms with van der Waals surface area (Å²) in [5, 5.41) is 30.4. The topological polar surface area (TPSA) is 110 Å². The van der Waals surface area contributed by atoms with Crippen molar-refractivity contribution >= 4 is 5.97 Å². The van der Waals surface area contributed by atoms with Gasteiger partial charge < -0.3 is 14.9 Å². The lowest BCUT2D eigenvalue weighted by atomic mass is 9.95. The van der Waals surface area contributed by atoms with Crippen LogP contribution >= 0.6 is 0 Å². The molecule has 8 heteroatoms. The van der Waals surface area contributed by atoms with Crippen LogP contribution in [0.1, 0.15) is 56.1 Å². The van der Waals surface area contributed by atoms with Gasteiger partial charge in [0.1, 0.15) is 18.8 Å². The zero-order chi connectivity index (χ0) is 22.8. The third-order valence-electron chi connectivity index (χ3n) is 6.49. The van der Waals surface area contributed by atoms with E-state index in [1.165, 1.54) is 6.20 Å². The Hall–Kier alpha value is -2.83. The molecule has 8 nitrogen and oxygen atoms in total. The van der Waals surface area contributed by atoms with Crippen molar-refractivity contribution in [3.05, 3.63) is 63.5 Å². The van der Waals surface area contributed by atoms with Crippen LogP contribution in [-0.2, 0) is 11.3 Å². The molecular formula is C24H28N4O4. The number of aryl methyl sites for hydroxylation is 1. The third-order valence-corrected chi connectivity index (χ3v) is 6.49. The second-order valence-electron chi connectivity index (χ2n) is 8.55. The lowest BCUT2D eigenvalue weighted by Gasteiger charge is -2.36. The number of hydrogen-bond acceptors (Lipinski definition) is 8. The summed E-state index contributed by atoms with van der Waals surface area (Å²) >= 11 is 0. The third kappa shape index (κ3) is 4.52. The zero-order valence-electron chi connectivity index (χ0n) is 18.4. The Kier molecular flexibility index (Phi) is 6.53. The number of cyclic esters (lactones) is 1. The SMILES string of the molecule is Cc1cc(C(O)CN2CCN(CC(O)c3ccc4c(c3C)COC4=O)CC2)ncc1C#N.